The molecular formula is C10H16Br2. The standard InChI is InChI=1S/C10H16Br2/c1-9(2)7-3-4-10(9,6-11)8(12)5-7/h7-8H,3-6H2,1-2H3/t7-,8-,10-/m1/s1. The van der Waals surface area contributed by atoms with Crippen LogP contribution in [0.1, 0.15) is 33.1 Å². The predicted molar refractivity (Wildman–Crippen MR) is 60.1 cm³/mol. The van der Waals surface area contributed by atoms with Crippen LogP contribution in [0, 0.1) is 16.7 Å². The maximum Gasteiger partial charge on any atom is 0.0218 e. The highest BCUT2D eigenvalue weighted by molar-refractivity contribution is 9.10. The zero-order chi connectivity index (χ0) is 8.98. The van der Waals surface area contributed by atoms with Gasteiger partial charge >= 0.3 is 0 Å². The molecule has 0 nitrogen and oxygen atoms in total. The van der Waals surface area contributed by atoms with Crippen molar-refractivity contribution in [2.24, 2.45) is 16.7 Å². The molecular weight excluding hydrogens is 280 g/mol. The third kappa shape index (κ3) is 0.890. The Hall–Kier alpha value is 0.960. The molecule has 2 heteroatoms. The smallest absolute Gasteiger partial charge is 0.0218 e. The average Bonchev–Trinajstić information content (AvgIpc) is 2.36. The Labute approximate surface area is 91.7 Å². The number of halogens is 2. The van der Waals surface area contributed by atoms with Gasteiger partial charge in [0, 0.05) is 10.2 Å². The van der Waals surface area contributed by atoms with E-state index in [1.54, 1.807) is 0 Å². The first kappa shape index (κ1) is 9.51. The van der Waals surface area contributed by atoms with Gasteiger partial charge < -0.3 is 0 Å². The van der Waals surface area contributed by atoms with E-state index < -0.39 is 0 Å². The van der Waals surface area contributed by atoms with Crippen LogP contribution in [0.15, 0.2) is 0 Å². The van der Waals surface area contributed by atoms with Crippen molar-refractivity contribution < 1.29 is 0 Å². The van der Waals surface area contributed by atoms with Gasteiger partial charge in [0.1, 0.15) is 0 Å². The van der Waals surface area contributed by atoms with Crippen molar-refractivity contribution in [2.75, 3.05) is 5.33 Å². The van der Waals surface area contributed by atoms with Crippen molar-refractivity contribution in [3.63, 3.8) is 0 Å². The van der Waals surface area contributed by atoms with E-state index in [1.807, 2.05) is 0 Å². The molecule has 2 aliphatic rings. The van der Waals surface area contributed by atoms with E-state index in [0.717, 1.165) is 10.7 Å². The molecule has 2 bridgehead atoms. The molecule has 2 fully saturated rings. The van der Waals surface area contributed by atoms with E-state index in [-0.39, 0.29) is 0 Å². The molecule has 0 aromatic carbocycles. The summed E-state index contributed by atoms with van der Waals surface area (Å²) in [7, 11) is 0. The first-order valence-corrected chi connectivity index (χ1v) is 6.78. The molecule has 0 radical (unpaired) electrons. The van der Waals surface area contributed by atoms with Crippen LogP contribution in [0.25, 0.3) is 0 Å². The predicted octanol–water partition coefficient (Wildman–Crippen LogP) is 3.97. The van der Waals surface area contributed by atoms with Crippen molar-refractivity contribution in [2.45, 2.75) is 37.9 Å². The summed E-state index contributed by atoms with van der Waals surface area (Å²) in [6.07, 6.45) is 4.24. The van der Waals surface area contributed by atoms with E-state index in [1.165, 1.54) is 24.6 Å². The van der Waals surface area contributed by atoms with Gasteiger partial charge in [-0.25, -0.2) is 0 Å². The zero-order valence-electron chi connectivity index (χ0n) is 7.74. The fourth-order valence-electron chi connectivity index (χ4n) is 3.29. The largest absolute Gasteiger partial charge is 0.0921 e. The molecule has 0 spiro atoms. The lowest BCUT2D eigenvalue weighted by Crippen LogP contribution is -2.37. The van der Waals surface area contributed by atoms with Gasteiger partial charge in [0.25, 0.3) is 0 Å². The minimum absolute atomic E-state index is 0.539. The van der Waals surface area contributed by atoms with Crippen LogP contribution in [0.2, 0.25) is 0 Å². The zero-order valence-corrected chi connectivity index (χ0v) is 10.9. The summed E-state index contributed by atoms with van der Waals surface area (Å²) in [6.45, 7) is 4.90. The maximum absolute atomic E-state index is 3.86. The second-order valence-electron chi connectivity index (χ2n) is 4.95. The van der Waals surface area contributed by atoms with Crippen molar-refractivity contribution in [3.05, 3.63) is 0 Å². The topological polar surface area (TPSA) is 0 Å². The summed E-state index contributed by atoms with van der Waals surface area (Å²) in [5.41, 5.74) is 1.09. The van der Waals surface area contributed by atoms with Crippen molar-refractivity contribution in [1.82, 2.24) is 0 Å². The monoisotopic (exact) mass is 294 g/mol. The Bertz CT molecular complexity index is 200. The Morgan fingerprint density at radius 1 is 1.42 bits per heavy atom. The molecule has 0 saturated heterocycles. The summed E-state index contributed by atoms with van der Waals surface area (Å²) in [4.78, 5) is 0.748. The van der Waals surface area contributed by atoms with Gasteiger partial charge in [0.2, 0.25) is 0 Å². The Balaban J connectivity index is 2.39. The maximum atomic E-state index is 3.86. The van der Waals surface area contributed by atoms with Gasteiger partial charge in [-0.2, -0.15) is 0 Å². The van der Waals surface area contributed by atoms with Crippen LogP contribution in [-0.4, -0.2) is 10.2 Å². The third-order valence-corrected chi connectivity index (χ3v) is 6.82. The summed E-state index contributed by atoms with van der Waals surface area (Å²) in [5.74, 6) is 0.958. The summed E-state index contributed by atoms with van der Waals surface area (Å²) in [5, 5.41) is 1.17. The highest BCUT2D eigenvalue weighted by atomic mass is 79.9. The van der Waals surface area contributed by atoms with Gasteiger partial charge in [-0.1, -0.05) is 45.7 Å². The molecule has 0 N–H and O–H groups in total. The highest BCUT2D eigenvalue weighted by Gasteiger charge is 2.62. The first-order chi connectivity index (χ1) is 5.54. The van der Waals surface area contributed by atoms with Crippen LogP contribution in [-0.2, 0) is 0 Å². The van der Waals surface area contributed by atoms with Gasteiger partial charge in [0.15, 0.2) is 0 Å². The molecule has 2 saturated carbocycles. The fourth-order valence-corrected chi connectivity index (χ4v) is 6.55. The molecule has 0 heterocycles. The van der Waals surface area contributed by atoms with E-state index in [0.29, 0.717) is 10.8 Å². The normalized spacial score (nSPS) is 50.0. The van der Waals surface area contributed by atoms with Gasteiger partial charge in [-0.3, -0.25) is 0 Å². The summed E-state index contributed by atoms with van der Waals surface area (Å²) in [6, 6.07) is 0. The molecule has 0 amide bonds. The summed E-state index contributed by atoms with van der Waals surface area (Å²) < 4.78 is 0. The average molecular weight is 296 g/mol. The van der Waals surface area contributed by atoms with E-state index in [4.69, 9.17) is 0 Å². The lowest BCUT2D eigenvalue weighted by atomic mass is 9.71. The molecule has 70 valence electrons. The van der Waals surface area contributed by atoms with Crippen molar-refractivity contribution >= 4 is 31.9 Å². The van der Waals surface area contributed by atoms with Crippen LogP contribution < -0.4 is 0 Å². The molecule has 2 rings (SSSR count). The van der Waals surface area contributed by atoms with Crippen LogP contribution in [0.3, 0.4) is 0 Å². The lowest BCUT2D eigenvalue weighted by molar-refractivity contribution is 0.165. The number of rotatable bonds is 1. The minimum atomic E-state index is 0.539. The minimum Gasteiger partial charge on any atom is -0.0921 e. The third-order valence-electron chi connectivity index (χ3n) is 4.57. The van der Waals surface area contributed by atoms with E-state index in [2.05, 4.69) is 45.7 Å². The SMILES string of the molecule is CC1(C)[C@@H]2CC[C@@]1(CBr)[C@H](Br)C2. The number of hydrogen-bond donors (Lipinski definition) is 0. The van der Waals surface area contributed by atoms with Crippen molar-refractivity contribution in [3.8, 4) is 0 Å². The second kappa shape index (κ2) is 2.73. The van der Waals surface area contributed by atoms with Crippen LogP contribution in [0.5, 0.6) is 0 Å². The number of alkyl halides is 2. The molecule has 12 heavy (non-hydrogen) atoms. The van der Waals surface area contributed by atoms with Crippen molar-refractivity contribution in [1.29, 1.82) is 0 Å². The lowest BCUT2D eigenvalue weighted by Gasteiger charge is -2.39. The Kier molecular flexibility index (Phi) is 2.16. The molecule has 3 atom stereocenters. The molecule has 0 aromatic rings. The second-order valence-corrected chi connectivity index (χ2v) is 6.62. The Morgan fingerprint density at radius 3 is 2.33 bits per heavy atom. The molecule has 0 unspecified atom stereocenters. The molecule has 0 aliphatic heterocycles. The molecule has 2 aliphatic carbocycles. The van der Waals surface area contributed by atoms with Gasteiger partial charge in [-0.05, 0) is 36.0 Å². The number of fused-ring (bicyclic) bond motifs is 2. The Morgan fingerprint density at radius 2 is 2.08 bits per heavy atom. The van der Waals surface area contributed by atoms with E-state index in [9.17, 15) is 0 Å². The quantitative estimate of drug-likeness (QED) is 0.642. The molecule has 0 aromatic heterocycles. The summed E-state index contributed by atoms with van der Waals surface area (Å²) >= 11 is 7.56. The van der Waals surface area contributed by atoms with E-state index >= 15 is 0 Å². The fraction of sp³-hybridized carbons (Fsp3) is 1.00. The van der Waals surface area contributed by atoms with Crippen LogP contribution >= 0.6 is 31.9 Å². The number of hydrogen-bond acceptors (Lipinski definition) is 0. The van der Waals surface area contributed by atoms with Gasteiger partial charge in [0.05, 0.1) is 0 Å². The first-order valence-electron chi connectivity index (χ1n) is 4.74. The van der Waals surface area contributed by atoms with Crippen LogP contribution in [0.4, 0.5) is 0 Å². The highest BCUT2D eigenvalue weighted by Crippen LogP contribution is 2.68. The van der Waals surface area contributed by atoms with Gasteiger partial charge in [-0.15, -0.1) is 0 Å².